The number of allylic oxidation sites excluding steroid dienone is 2. The molecule has 5 heteroatoms. The van der Waals surface area contributed by atoms with Gasteiger partial charge in [-0.25, -0.2) is 4.79 Å². The summed E-state index contributed by atoms with van der Waals surface area (Å²) < 4.78 is 10.5. The second-order valence-electron chi connectivity index (χ2n) is 7.13. The average molecular weight is 295 g/mol. The summed E-state index contributed by atoms with van der Waals surface area (Å²) in [6.07, 6.45) is 6.24. The molecule has 1 N–H and O–H groups in total. The highest BCUT2D eigenvalue weighted by Gasteiger charge is 2.50. The Labute approximate surface area is 126 Å². The van der Waals surface area contributed by atoms with Crippen LogP contribution >= 0.6 is 0 Å². The summed E-state index contributed by atoms with van der Waals surface area (Å²) in [5.74, 6) is 0.344. The van der Waals surface area contributed by atoms with Crippen LogP contribution in [0.3, 0.4) is 0 Å². The lowest BCUT2D eigenvalue weighted by molar-refractivity contribution is -0.126. The van der Waals surface area contributed by atoms with Gasteiger partial charge in [0.05, 0.1) is 12.6 Å². The van der Waals surface area contributed by atoms with E-state index in [0.29, 0.717) is 18.9 Å². The standard InChI is InChI=1S/C16H25NO4/c1-15(2,3)21-14(19)17-12(9-11-7-5-6-8-11)13(18)16(4)10-20-16/h5-6,11-12H,7-10H2,1-4H3,(H,17,19)/t12-,16-/m1/s1. The van der Waals surface area contributed by atoms with Gasteiger partial charge in [0.15, 0.2) is 5.78 Å². The average Bonchev–Trinajstić information content (AvgIpc) is 2.88. The van der Waals surface area contributed by atoms with Crippen LogP contribution in [-0.4, -0.2) is 35.7 Å². The summed E-state index contributed by atoms with van der Waals surface area (Å²) in [5.41, 5.74) is -1.31. The second kappa shape index (κ2) is 5.79. The molecule has 0 spiro atoms. The molecular weight excluding hydrogens is 270 g/mol. The molecule has 0 saturated carbocycles. The molecule has 0 aromatic rings. The van der Waals surface area contributed by atoms with Crippen molar-refractivity contribution in [2.75, 3.05) is 6.61 Å². The lowest BCUT2D eigenvalue weighted by Gasteiger charge is -2.25. The van der Waals surface area contributed by atoms with Gasteiger partial charge in [0.1, 0.15) is 11.2 Å². The topological polar surface area (TPSA) is 67.9 Å². The van der Waals surface area contributed by atoms with Gasteiger partial charge in [-0.15, -0.1) is 0 Å². The zero-order valence-corrected chi connectivity index (χ0v) is 13.3. The van der Waals surface area contributed by atoms with Crippen molar-refractivity contribution in [1.29, 1.82) is 0 Å². The summed E-state index contributed by atoms with van der Waals surface area (Å²) in [5, 5.41) is 2.73. The molecule has 2 aliphatic rings. The van der Waals surface area contributed by atoms with E-state index in [0.717, 1.165) is 12.8 Å². The van der Waals surface area contributed by atoms with Crippen molar-refractivity contribution in [2.45, 2.75) is 64.2 Å². The smallest absolute Gasteiger partial charge is 0.408 e. The zero-order valence-electron chi connectivity index (χ0n) is 13.3. The van der Waals surface area contributed by atoms with Gasteiger partial charge in [-0.05, 0) is 52.9 Å². The molecule has 0 radical (unpaired) electrons. The number of ether oxygens (including phenoxy) is 2. The van der Waals surface area contributed by atoms with Crippen molar-refractivity contribution in [1.82, 2.24) is 5.32 Å². The van der Waals surface area contributed by atoms with E-state index >= 15 is 0 Å². The van der Waals surface area contributed by atoms with E-state index in [-0.39, 0.29) is 5.78 Å². The Morgan fingerprint density at radius 2 is 1.95 bits per heavy atom. The van der Waals surface area contributed by atoms with E-state index in [4.69, 9.17) is 9.47 Å². The van der Waals surface area contributed by atoms with Crippen LogP contribution in [0, 0.1) is 5.92 Å². The van der Waals surface area contributed by atoms with E-state index < -0.39 is 23.3 Å². The number of nitrogens with one attached hydrogen (secondary N) is 1. The molecule has 2 atom stereocenters. The van der Waals surface area contributed by atoms with Gasteiger partial charge in [0, 0.05) is 0 Å². The molecule has 118 valence electrons. The molecule has 0 bridgehead atoms. The summed E-state index contributed by atoms with van der Waals surface area (Å²) in [4.78, 5) is 24.5. The predicted molar refractivity (Wildman–Crippen MR) is 79.0 cm³/mol. The second-order valence-corrected chi connectivity index (χ2v) is 7.13. The first-order chi connectivity index (χ1) is 9.70. The van der Waals surface area contributed by atoms with Crippen LogP contribution in [-0.2, 0) is 14.3 Å². The van der Waals surface area contributed by atoms with Gasteiger partial charge < -0.3 is 14.8 Å². The Bertz CT molecular complexity index is 438. The highest BCUT2D eigenvalue weighted by atomic mass is 16.6. The molecule has 1 aliphatic heterocycles. The van der Waals surface area contributed by atoms with Gasteiger partial charge >= 0.3 is 6.09 Å². The molecule has 1 amide bonds. The molecular formula is C16H25NO4. The first-order valence-corrected chi connectivity index (χ1v) is 7.52. The third kappa shape index (κ3) is 4.56. The lowest BCUT2D eigenvalue weighted by atomic mass is 9.91. The van der Waals surface area contributed by atoms with E-state index in [2.05, 4.69) is 17.5 Å². The summed E-state index contributed by atoms with van der Waals surface area (Å²) >= 11 is 0. The molecule has 1 saturated heterocycles. The van der Waals surface area contributed by atoms with Crippen LogP contribution in [0.2, 0.25) is 0 Å². The van der Waals surface area contributed by atoms with Crippen LogP contribution in [0.5, 0.6) is 0 Å². The summed E-state index contributed by atoms with van der Waals surface area (Å²) in [6, 6.07) is -0.544. The maximum atomic E-state index is 12.5. The fraction of sp³-hybridized carbons (Fsp3) is 0.750. The minimum atomic E-state index is -0.730. The highest BCUT2D eigenvalue weighted by Crippen LogP contribution is 2.31. The van der Waals surface area contributed by atoms with Crippen molar-refractivity contribution in [3.8, 4) is 0 Å². The fourth-order valence-electron chi connectivity index (χ4n) is 2.50. The molecule has 0 unspecified atom stereocenters. The monoisotopic (exact) mass is 295 g/mol. The van der Waals surface area contributed by atoms with E-state index in [1.807, 2.05) is 0 Å². The molecule has 1 heterocycles. The number of rotatable bonds is 5. The minimum Gasteiger partial charge on any atom is -0.444 e. The Balaban J connectivity index is 1.97. The van der Waals surface area contributed by atoms with Gasteiger partial charge in [-0.3, -0.25) is 4.79 Å². The Morgan fingerprint density at radius 3 is 2.43 bits per heavy atom. The Kier molecular flexibility index (Phi) is 4.42. The SMILES string of the molecule is CC(C)(C)OC(=O)N[C@H](CC1CC=CC1)C(=O)[C@@]1(C)CO1. The minimum absolute atomic E-state index is 0.0553. The number of Topliss-reactive ketones (excluding diaryl/α,β-unsaturated/α-hetero) is 1. The van der Waals surface area contributed by atoms with Gasteiger partial charge in [0.25, 0.3) is 0 Å². The quantitative estimate of drug-likeness (QED) is 0.625. The van der Waals surface area contributed by atoms with Gasteiger partial charge in [-0.2, -0.15) is 0 Å². The number of alkyl carbamates (subject to hydrolysis) is 1. The normalized spacial score (nSPS) is 26.5. The first-order valence-electron chi connectivity index (χ1n) is 7.52. The maximum Gasteiger partial charge on any atom is 0.408 e. The van der Waals surface area contributed by atoms with Crippen LogP contribution in [0.4, 0.5) is 4.79 Å². The van der Waals surface area contributed by atoms with Crippen molar-refractivity contribution >= 4 is 11.9 Å². The van der Waals surface area contributed by atoms with Gasteiger partial charge in [-0.1, -0.05) is 12.2 Å². The predicted octanol–water partition coefficient (Wildman–Crippen LogP) is 2.59. The molecule has 0 aromatic carbocycles. The molecule has 5 nitrogen and oxygen atoms in total. The lowest BCUT2D eigenvalue weighted by Crippen LogP contribution is -2.48. The fourth-order valence-corrected chi connectivity index (χ4v) is 2.50. The number of hydrogen-bond donors (Lipinski definition) is 1. The van der Waals surface area contributed by atoms with Crippen LogP contribution in [0.25, 0.3) is 0 Å². The largest absolute Gasteiger partial charge is 0.444 e. The number of amides is 1. The summed E-state index contributed by atoms with van der Waals surface area (Å²) in [6.45, 7) is 7.61. The molecule has 0 aromatic heterocycles. The maximum absolute atomic E-state index is 12.5. The van der Waals surface area contributed by atoms with E-state index in [1.165, 1.54) is 0 Å². The zero-order chi connectivity index (χ0) is 15.7. The van der Waals surface area contributed by atoms with E-state index in [9.17, 15) is 9.59 Å². The molecule has 21 heavy (non-hydrogen) atoms. The number of hydrogen-bond acceptors (Lipinski definition) is 4. The number of ketones is 1. The first kappa shape index (κ1) is 16.0. The van der Waals surface area contributed by atoms with Crippen LogP contribution in [0.1, 0.15) is 47.0 Å². The Morgan fingerprint density at radius 1 is 1.38 bits per heavy atom. The van der Waals surface area contributed by atoms with Crippen molar-refractivity contribution in [2.24, 2.45) is 5.92 Å². The van der Waals surface area contributed by atoms with Crippen molar-refractivity contribution in [3.63, 3.8) is 0 Å². The molecule has 1 aliphatic carbocycles. The van der Waals surface area contributed by atoms with Crippen LogP contribution in [0.15, 0.2) is 12.2 Å². The molecule has 1 fully saturated rings. The number of carbonyl (C=O) groups excluding carboxylic acids is 2. The van der Waals surface area contributed by atoms with Gasteiger partial charge in [0.2, 0.25) is 0 Å². The number of epoxide rings is 1. The summed E-state index contributed by atoms with van der Waals surface area (Å²) in [7, 11) is 0. The van der Waals surface area contributed by atoms with Crippen molar-refractivity contribution in [3.05, 3.63) is 12.2 Å². The van der Waals surface area contributed by atoms with E-state index in [1.54, 1.807) is 27.7 Å². The third-order valence-electron chi connectivity index (χ3n) is 3.78. The molecule has 2 rings (SSSR count). The highest BCUT2D eigenvalue weighted by molar-refractivity contribution is 5.95. The van der Waals surface area contributed by atoms with Crippen molar-refractivity contribution < 1.29 is 19.1 Å². The third-order valence-corrected chi connectivity index (χ3v) is 3.78. The Hall–Kier alpha value is -1.36. The number of carbonyl (C=O) groups is 2. The van der Waals surface area contributed by atoms with Crippen LogP contribution < -0.4 is 5.32 Å².